The van der Waals surface area contributed by atoms with Crippen molar-refractivity contribution in [3.63, 3.8) is 0 Å². The summed E-state index contributed by atoms with van der Waals surface area (Å²) < 4.78 is 6.20. The number of carbonyl (C=O) groups is 2. The van der Waals surface area contributed by atoms with E-state index in [-0.39, 0.29) is 30.5 Å². The van der Waals surface area contributed by atoms with E-state index in [0.29, 0.717) is 25.0 Å². The first-order chi connectivity index (χ1) is 11.6. The molecule has 128 valence electrons. The minimum atomic E-state index is -0.389. The van der Waals surface area contributed by atoms with Gasteiger partial charge in [-0.2, -0.15) is 0 Å². The number of aromatic nitrogens is 1. The maximum absolute atomic E-state index is 12.3. The van der Waals surface area contributed by atoms with Gasteiger partial charge in [-0.15, -0.1) is 0 Å². The second-order valence-electron chi connectivity index (χ2n) is 5.31. The molecule has 1 aromatic carbocycles. The fraction of sp³-hybridized carbons (Fsp3) is 0.353. The number of nitrogens with zero attached hydrogens (tertiary/aromatic N) is 1. The van der Waals surface area contributed by atoms with Crippen LogP contribution in [0.15, 0.2) is 41.3 Å². The van der Waals surface area contributed by atoms with Crippen LogP contribution in [0.5, 0.6) is 0 Å². The first-order valence-corrected chi connectivity index (χ1v) is 7.72. The summed E-state index contributed by atoms with van der Waals surface area (Å²) in [5, 5.41) is 6.56. The van der Waals surface area contributed by atoms with Crippen molar-refractivity contribution in [2.75, 3.05) is 26.8 Å². The summed E-state index contributed by atoms with van der Waals surface area (Å²) in [4.78, 5) is 35.8. The quantitative estimate of drug-likeness (QED) is 0.680. The summed E-state index contributed by atoms with van der Waals surface area (Å²) in [7, 11) is 1.59. The van der Waals surface area contributed by atoms with Crippen molar-refractivity contribution in [3.05, 3.63) is 46.9 Å². The summed E-state index contributed by atoms with van der Waals surface area (Å²) in [5.74, 6) is -0.662. The van der Waals surface area contributed by atoms with Gasteiger partial charge in [0.05, 0.1) is 6.54 Å². The summed E-state index contributed by atoms with van der Waals surface area (Å²) in [5.41, 5.74) is -0.229. The van der Waals surface area contributed by atoms with Crippen molar-refractivity contribution in [2.24, 2.45) is 0 Å². The lowest BCUT2D eigenvalue weighted by molar-refractivity contribution is -0.126. The van der Waals surface area contributed by atoms with Crippen LogP contribution in [0.25, 0.3) is 10.8 Å². The highest BCUT2D eigenvalue weighted by Crippen LogP contribution is 2.07. The molecule has 7 nitrogen and oxygen atoms in total. The number of hydrogen-bond donors (Lipinski definition) is 2. The molecule has 24 heavy (non-hydrogen) atoms. The van der Waals surface area contributed by atoms with Crippen LogP contribution in [-0.4, -0.2) is 43.2 Å². The average molecular weight is 331 g/mol. The zero-order valence-electron chi connectivity index (χ0n) is 13.6. The molecule has 7 heteroatoms. The first kappa shape index (κ1) is 17.7. The van der Waals surface area contributed by atoms with Crippen molar-refractivity contribution in [1.29, 1.82) is 0 Å². The van der Waals surface area contributed by atoms with E-state index in [9.17, 15) is 14.4 Å². The first-order valence-electron chi connectivity index (χ1n) is 7.72. The molecule has 2 rings (SSSR count). The highest BCUT2D eigenvalue weighted by molar-refractivity contribution is 5.85. The lowest BCUT2D eigenvalue weighted by Gasteiger charge is -2.09. The third-order valence-electron chi connectivity index (χ3n) is 3.49. The molecule has 0 aliphatic carbocycles. The molecule has 0 spiro atoms. The number of carbonyl (C=O) groups excluding carboxylic acids is 2. The van der Waals surface area contributed by atoms with Crippen LogP contribution in [0, 0.1) is 0 Å². The number of hydrogen-bond acceptors (Lipinski definition) is 4. The zero-order chi connectivity index (χ0) is 17.4. The Hall–Kier alpha value is -2.67. The average Bonchev–Trinajstić information content (AvgIpc) is 2.59. The van der Waals surface area contributed by atoms with Gasteiger partial charge in [0, 0.05) is 31.8 Å². The monoisotopic (exact) mass is 331 g/mol. The van der Waals surface area contributed by atoms with Crippen LogP contribution in [0.4, 0.5) is 0 Å². The normalized spacial score (nSPS) is 10.5. The number of fused-ring (bicyclic) bond motifs is 1. The van der Waals surface area contributed by atoms with Gasteiger partial charge in [-0.25, -0.2) is 0 Å². The van der Waals surface area contributed by atoms with Gasteiger partial charge in [-0.3, -0.25) is 14.4 Å². The predicted octanol–water partition coefficient (Wildman–Crippen LogP) is 0.270. The van der Waals surface area contributed by atoms with Crippen molar-refractivity contribution in [3.8, 4) is 0 Å². The molecule has 2 N–H and O–H groups in total. The Morgan fingerprint density at radius 1 is 1.12 bits per heavy atom. The number of pyridine rings is 1. The molecule has 1 heterocycles. The minimum Gasteiger partial charge on any atom is -0.385 e. The minimum absolute atomic E-state index is 0.117. The van der Waals surface area contributed by atoms with E-state index in [1.54, 1.807) is 31.5 Å². The summed E-state index contributed by atoms with van der Waals surface area (Å²) in [6.07, 6.45) is 2.29. The lowest BCUT2D eigenvalue weighted by atomic mass is 10.2. The van der Waals surface area contributed by atoms with E-state index < -0.39 is 0 Å². The van der Waals surface area contributed by atoms with E-state index in [1.165, 1.54) is 4.57 Å². The summed E-state index contributed by atoms with van der Waals surface area (Å²) >= 11 is 0. The van der Waals surface area contributed by atoms with Crippen molar-refractivity contribution in [2.45, 2.75) is 13.0 Å². The second kappa shape index (κ2) is 8.83. The number of amides is 2. The number of nitrogens with one attached hydrogen (secondary N) is 2. The number of methoxy groups -OCH3 is 1. The van der Waals surface area contributed by atoms with Gasteiger partial charge in [0.1, 0.15) is 6.54 Å². The van der Waals surface area contributed by atoms with E-state index in [1.807, 2.05) is 12.1 Å². The number of ether oxygens (including phenoxy) is 1. The number of benzene rings is 1. The van der Waals surface area contributed by atoms with Crippen LogP contribution < -0.4 is 16.2 Å². The highest BCUT2D eigenvalue weighted by atomic mass is 16.5. The summed E-state index contributed by atoms with van der Waals surface area (Å²) in [6.45, 7) is 0.818. The van der Waals surface area contributed by atoms with E-state index in [0.717, 1.165) is 5.39 Å². The Bertz CT molecular complexity index is 770. The van der Waals surface area contributed by atoms with E-state index in [2.05, 4.69) is 10.6 Å². The van der Waals surface area contributed by atoms with E-state index >= 15 is 0 Å². The van der Waals surface area contributed by atoms with Gasteiger partial charge < -0.3 is 19.9 Å². The molecular formula is C17H21N3O4. The SMILES string of the molecule is COCCCNC(=O)CNC(=O)Cn1ccc2ccccc2c1=O. The van der Waals surface area contributed by atoms with Gasteiger partial charge in [-0.05, 0) is 23.9 Å². The maximum atomic E-state index is 12.3. The molecule has 0 radical (unpaired) electrons. The topological polar surface area (TPSA) is 89.4 Å². The van der Waals surface area contributed by atoms with Crippen LogP contribution in [0.1, 0.15) is 6.42 Å². The molecule has 2 aromatic rings. The molecule has 0 saturated carbocycles. The third-order valence-corrected chi connectivity index (χ3v) is 3.49. The Morgan fingerprint density at radius 2 is 1.92 bits per heavy atom. The Morgan fingerprint density at radius 3 is 2.71 bits per heavy atom. The molecule has 2 amide bonds. The van der Waals surface area contributed by atoms with Gasteiger partial charge in [0.2, 0.25) is 11.8 Å². The largest absolute Gasteiger partial charge is 0.385 e. The third kappa shape index (κ3) is 4.92. The second-order valence-corrected chi connectivity index (χ2v) is 5.31. The molecule has 0 bridgehead atoms. The Labute approximate surface area is 139 Å². The van der Waals surface area contributed by atoms with Crippen molar-refractivity contribution in [1.82, 2.24) is 15.2 Å². The zero-order valence-corrected chi connectivity index (χ0v) is 13.6. The molecule has 0 unspecified atom stereocenters. The lowest BCUT2D eigenvalue weighted by Crippen LogP contribution is -2.39. The smallest absolute Gasteiger partial charge is 0.258 e. The standard InChI is InChI=1S/C17H21N3O4/c1-24-10-4-8-18-15(21)11-19-16(22)12-20-9-7-13-5-2-3-6-14(13)17(20)23/h2-3,5-7,9H,4,8,10-12H2,1H3,(H,18,21)(H,19,22). The fourth-order valence-electron chi connectivity index (χ4n) is 2.25. The predicted molar refractivity (Wildman–Crippen MR) is 90.7 cm³/mol. The molecule has 0 fully saturated rings. The Kier molecular flexibility index (Phi) is 6.51. The van der Waals surface area contributed by atoms with E-state index in [4.69, 9.17) is 4.74 Å². The molecule has 1 aromatic heterocycles. The van der Waals surface area contributed by atoms with Crippen LogP contribution in [0.3, 0.4) is 0 Å². The molecule has 0 aliphatic heterocycles. The maximum Gasteiger partial charge on any atom is 0.258 e. The van der Waals surface area contributed by atoms with Gasteiger partial charge in [-0.1, -0.05) is 18.2 Å². The Balaban J connectivity index is 1.85. The van der Waals surface area contributed by atoms with Crippen molar-refractivity contribution >= 4 is 22.6 Å². The van der Waals surface area contributed by atoms with Gasteiger partial charge in [0.25, 0.3) is 5.56 Å². The molecule has 0 saturated heterocycles. The highest BCUT2D eigenvalue weighted by Gasteiger charge is 2.08. The molecule has 0 atom stereocenters. The summed E-state index contributed by atoms with van der Waals surface area (Å²) in [6, 6.07) is 8.98. The molecular weight excluding hydrogens is 310 g/mol. The van der Waals surface area contributed by atoms with Gasteiger partial charge >= 0.3 is 0 Å². The van der Waals surface area contributed by atoms with Crippen LogP contribution in [-0.2, 0) is 20.9 Å². The van der Waals surface area contributed by atoms with Crippen molar-refractivity contribution < 1.29 is 14.3 Å². The van der Waals surface area contributed by atoms with Gasteiger partial charge in [0.15, 0.2) is 0 Å². The van der Waals surface area contributed by atoms with Crippen LogP contribution >= 0.6 is 0 Å². The van der Waals surface area contributed by atoms with Crippen LogP contribution in [0.2, 0.25) is 0 Å². The molecule has 0 aliphatic rings. The number of rotatable bonds is 8. The fourth-order valence-corrected chi connectivity index (χ4v) is 2.25.